The van der Waals surface area contributed by atoms with Crippen LogP contribution in [0.25, 0.3) is 11.0 Å². The zero-order valence-electron chi connectivity index (χ0n) is 14.6. The molecule has 0 radical (unpaired) electrons. The SMILES string of the molecule is N#Cc1nccnc1OC1CCC(NC(=O)c2cc3ccccc3o2)CC1. The molecular formula is C20H18N4O3. The molecule has 0 unspecified atom stereocenters. The Morgan fingerprint density at radius 2 is 1.96 bits per heavy atom. The Morgan fingerprint density at radius 1 is 1.19 bits per heavy atom. The summed E-state index contributed by atoms with van der Waals surface area (Å²) in [7, 11) is 0. The molecule has 1 aliphatic rings. The summed E-state index contributed by atoms with van der Waals surface area (Å²) in [6.45, 7) is 0. The van der Waals surface area contributed by atoms with E-state index in [2.05, 4.69) is 15.3 Å². The van der Waals surface area contributed by atoms with Crippen LogP contribution in [-0.2, 0) is 0 Å². The lowest BCUT2D eigenvalue weighted by Crippen LogP contribution is -2.39. The number of furan rings is 1. The van der Waals surface area contributed by atoms with E-state index < -0.39 is 0 Å². The average molecular weight is 362 g/mol. The van der Waals surface area contributed by atoms with Gasteiger partial charge >= 0.3 is 0 Å². The number of fused-ring (bicyclic) bond motifs is 1. The van der Waals surface area contributed by atoms with Gasteiger partial charge in [-0.3, -0.25) is 4.79 Å². The Kier molecular flexibility index (Phi) is 4.71. The molecule has 0 atom stereocenters. The number of hydrogen-bond donors (Lipinski definition) is 1. The first-order valence-electron chi connectivity index (χ1n) is 8.90. The van der Waals surface area contributed by atoms with Gasteiger partial charge in [0.05, 0.1) is 0 Å². The minimum Gasteiger partial charge on any atom is -0.472 e. The normalized spacial score (nSPS) is 19.4. The number of hydrogen-bond acceptors (Lipinski definition) is 6. The van der Waals surface area contributed by atoms with Crippen LogP contribution >= 0.6 is 0 Å². The molecule has 1 N–H and O–H groups in total. The molecule has 136 valence electrons. The molecule has 0 bridgehead atoms. The molecule has 7 heteroatoms. The quantitative estimate of drug-likeness (QED) is 0.765. The predicted octanol–water partition coefficient (Wildman–Crippen LogP) is 3.21. The van der Waals surface area contributed by atoms with Crippen LogP contribution in [0.1, 0.15) is 41.9 Å². The van der Waals surface area contributed by atoms with E-state index in [0.29, 0.717) is 11.3 Å². The highest BCUT2D eigenvalue weighted by atomic mass is 16.5. The van der Waals surface area contributed by atoms with Gasteiger partial charge < -0.3 is 14.5 Å². The highest BCUT2D eigenvalue weighted by molar-refractivity contribution is 5.96. The number of nitriles is 1. The van der Waals surface area contributed by atoms with Crippen LogP contribution in [0.4, 0.5) is 0 Å². The number of carbonyl (C=O) groups excluding carboxylic acids is 1. The summed E-state index contributed by atoms with van der Waals surface area (Å²) in [5, 5.41) is 13.0. The summed E-state index contributed by atoms with van der Waals surface area (Å²) < 4.78 is 11.4. The Morgan fingerprint density at radius 3 is 2.74 bits per heavy atom. The van der Waals surface area contributed by atoms with Gasteiger partial charge in [-0.25, -0.2) is 9.97 Å². The van der Waals surface area contributed by atoms with Crippen molar-refractivity contribution in [1.29, 1.82) is 5.26 Å². The van der Waals surface area contributed by atoms with Gasteiger partial charge in [-0.2, -0.15) is 5.26 Å². The number of aromatic nitrogens is 2. The van der Waals surface area contributed by atoms with E-state index in [0.717, 1.165) is 31.1 Å². The van der Waals surface area contributed by atoms with Crippen LogP contribution in [-0.4, -0.2) is 28.0 Å². The van der Waals surface area contributed by atoms with E-state index >= 15 is 0 Å². The van der Waals surface area contributed by atoms with E-state index in [4.69, 9.17) is 14.4 Å². The van der Waals surface area contributed by atoms with Crippen molar-refractivity contribution < 1.29 is 13.9 Å². The van der Waals surface area contributed by atoms with Crippen LogP contribution in [0.2, 0.25) is 0 Å². The summed E-state index contributed by atoms with van der Waals surface area (Å²) in [4.78, 5) is 20.5. The molecular weight excluding hydrogens is 344 g/mol. The molecule has 0 aliphatic heterocycles. The molecule has 7 nitrogen and oxygen atoms in total. The Hall–Kier alpha value is -3.40. The summed E-state index contributed by atoms with van der Waals surface area (Å²) >= 11 is 0. The summed E-state index contributed by atoms with van der Waals surface area (Å²) in [5.41, 5.74) is 0.898. The highest BCUT2D eigenvalue weighted by Gasteiger charge is 2.26. The first-order valence-corrected chi connectivity index (χ1v) is 8.90. The maximum absolute atomic E-state index is 12.4. The molecule has 2 aromatic heterocycles. The van der Waals surface area contributed by atoms with Crippen molar-refractivity contribution in [3.63, 3.8) is 0 Å². The Bertz CT molecular complexity index is 967. The van der Waals surface area contributed by atoms with Crippen molar-refractivity contribution in [2.24, 2.45) is 0 Å². The number of para-hydroxylation sites is 1. The molecule has 2 heterocycles. The number of nitrogens with zero attached hydrogens (tertiary/aromatic N) is 3. The van der Waals surface area contributed by atoms with Gasteiger partial charge in [-0.05, 0) is 37.8 Å². The topological polar surface area (TPSA) is 101 Å². The van der Waals surface area contributed by atoms with Gasteiger partial charge in [0.2, 0.25) is 5.69 Å². The first kappa shape index (κ1) is 17.0. The summed E-state index contributed by atoms with van der Waals surface area (Å²) in [6, 6.07) is 11.4. The fraction of sp³-hybridized carbons (Fsp3) is 0.300. The van der Waals surface area contributed by atoms with Crippen LogP contribution in [0.3, 0.4) is 0 Å². The third-order valence-corrected chi connectivity index (χ3v) is 4.71. The van der Waals surface area contributed by atoms with E-state index in [1.165, 1.54) is 12.4 Å². The van der Waals surface area contributed by atoms with Gasteiger partial charge in [-0.15, -0.1) is 0 Å². The number of carbonyl (C=O) groups is 1. The lowest BCUT2D eigenvalue weighted by Gasteiger charge is -2.29. The van der Waals surface area contributed by atoms with E-state index in [1.807, 2.05) is 30.3 Å². The van der Waals surface area contributed by atoms with Crippen LogP contribution in [0, 0.1) is 11.3 Å². The van der Waals surface area contributed by atoms with Gasteiger partial charge in [0, 0.05) is 23.8 Å². The molecule has 1 saturated carbocycles. The molecule has 4 rings (SSSR count). The number of ether oxygens (including phenoxy) is 1. The lowest BCUT2D eigenvalue weighted by atomic mass is 9.93. The van der Waals surface area contributed by atoms with Crippen molar-refractivity contribution in [3.8, 4) is 11.9 Å². The van der Waals surface area contributed by atoms with Gasteiger partial charge in [0.15, 0.2) is 5.76 Å². The smallest absolute Gasteiger partial charge is 0.287 e. The molecule has 3 aromatic rings. The fourth-order valence-corrected chi connectivity index (χ4v) is 3.32. The molecule has 1 aliphatic carbocycles. The number of amides is 1. The van der Waals surface area contributed by atoms with Crippen molar-refractivity contribution in [3.05, 3.63) is 54.2 Å². The molecule has 1 fully saturated rings. The van der Waals surface area contributed by atoms with Gasteiger partial charge in [-0.1, -0.05) is 18.2 Å². The third-order valence-electron chi connectivity index (χ3n) is 4.71. The van der Waals surface area contributed by atoms with Crippen LogP contribution in [0.5, 0.6) is 5.88 Å². The minimum absolute atomic E-state index is 0.0341. The largest absolute Gasteiger partial charge is 0.472 e. The Labute approximate surface area is 156 Å². The first-order chi connectivity index (χ1) is 13.2. The maximum Gasteiger partial charge on any atom is 0.287 e. The second-order valence-corrected chi connectivity index (χ2v) is 6.54. The van der Waals surface area contributed by atoms with E-state index in [-0.39, 0.29) is 29.6 Å². The second kappa shape index (κ2) is 7.46. The van der Waals surface area contributed by atoms with Crippen molar-refractivity contribution in [1.82, 2.24) is 15.3 Å². The molecule has 27 heavy (non-hydrogen) atoms. The van der Waals surface area contributed by atoms with Crippen molar-refractivity contribution in [2.75, 3.05) is 0 Å². The minimum atomic E-state index is -0.198. The van der Waals surface area contributed by atoms with Crippen LogP contribution < -0.4 is 10.1 Å². The predicted molar refractivity (Wildman–Crippen MR) is 97.1 cm³/mol. The van der Waals surface area contributed by atoms with E-state index in [9.17, 15) is 4.79 Å². The standard InChI is InChI=1S/C20H18N4O3/c21-12-16-20(23-10-9-22-16)26-15-7-5-14(6-8-15)24-19(25)18-11-13-3-1-2-4-17(13)27-18/h1-4,9-11,14-15H,5-8H2,(H,24,25). The highest BCUT2D eigenvalue weighted by Crippen LogP contribution is 2.25. The monoisotopic (exact) mass is 362 g/mol. The summed E-state index contributed by atoms with van der Waals surface area (Å²) in [6.07, 6.45) is 6.06. The average Bonchev–Trinajstić information content (AvgIpc) is 3.14. The number of benzene rings is 1. The van der Waals surface area contributed by atoms with E-state index in [1.54, 1.807) is 6.07 Å². The zero-order chi connectivity index (χ0) is 18.6. The van der Waals surface area contributed by atoms with Crippen molar-refractivity contribution >= 4 is 16.9 Å². The fourth-order valence-electron chi connectivity index (χ4n) is 3.32. The molecule has 0 spiro atoms. The molecule has 0 saturated heterocycles. The molecule has 1 amide bonds. The van der Waals surface area contributed by atoms with Gasteiger partial charge in [0.1, 0.15) is 17.8 Å². The Balaban J connectivity index is 1.33. The number of rotatable bonds is 4. The number of nitrogens with one attached hydrogen (secondary N) is 1. The summed E-state index contributed by atoms with van der Waals surface area (Å²) in [5.74, 6) is 0.402. The van der Waals surface area contributed by atoms with Gasteiger partial charge in [0.25, 0.3) is 11.8 Å². The third kappa shape index (κ3) is 3.75. The van der Waals surface area contributed by atoms with Crippen molar-refractivity contribution in [2.45, 2.75) is 37.8 Å². The lowest BCUT2D eigenvalue weighted by molar-refractivity contribution is 0.0865. The zero-order valence-corrected chi connectivity index (χ0v) is 14.6. The maximum atomic E-state index is 12.4. The molecule has 1 aromatic carbocycles. The second-order valence-electron chi connectivity index (χ2n) is 6.54. The van der Waals surface area contributed by atoms with Crippen LogP contribution in [0.15, 0.2) is 47.1 Å².